The number of aryl methyl sites for hydroxylation is 1. The van der Waals surface area contributed by atoms with E-state index in [0.29, 0.717) is 13.1 Å². The van der Waals surface area contributed by atoms with Gasteiger partial charge in [-0.05, 0) is 41.6 Å². The molecule has 0 saturated carbocycles. The molecule has 2 aromatic rings. The van der Waals surface area contributed by atoms with E-state index in [0.717, 1.165) is 10.5 Å². The largest absolute Gasteiger partial charge is 0.334 e. The highest BCUT2D eigenvalue weighted by atomic mass is 32.2. The molecule has 0 aliphatic heterocycles. The molecular formula is C15H18N2O2S2. The first-order valence-electron chi connectivity index (χ1n) is 6.53. The Morgan fingerprint density at radius 1 is 1.14 bits per heavy atom. The number of carbonyl (C=O) groups excluding carboxylic acids is 1. The second-order valence-corrected chi connectivity index (χ2v) is 7.04. The average molecular weight is 322 g/mol. The van der Waals surface area contributed by atoms with Gasteiger partial charge in [0.15, 0.2) is 0 Å². The van der Waals surface area contributed by atoms with Crippen molar-refractivity contribution >= 4 is 28.2 Å². The predicted molar refractivity (Wildman–Crippen MR) is 86.9 cm³/mol. The van der Waals surface area contributed by atoms with Crippen LogP contribution >= 0.6 is 11.3 Å². The zero-order chi connectivity index (χ0) is 15.2. The molecule has 2 rings (SSSR count). The van der Waals surface area contributed by atoms with Crippen LogP contribution in [-0.4, -0.2) is 16.5 Å². The molecule has 0 unspecified atom stereocenters. The molecule has 0 bridgehead atoms. The summed E-state index contributed by atoms with van der Waals surface area (Å²) >= 11 is 1.64. The van der Waals surface area contributed by atoms with E-state index in [9.17, 15) is 9.00 Å². The normalized spacial score (nSPS) is 11.9. The first-order chi connectivity index (χ1) is 10.1. The molecule has 0 aliphatic carbocycles. The van der Waals surface area contributed by atoms with Crippen molar-refractivity contribution in [3.63, 3.8) is 0 Å². The lowest BCUT2D eigenvalue weighted by Gasteiger charge is -2.08. The van der Waals surface area contributed by atoms with Gasteiger partial charge in [0.1, 0.15) is 0 Å². The molecular weight excluding hydrogens is 304 g/mol. The third kappa shape index (κ3) is 4.68. The molecule has 0 aliphatic rings. The van der Waals surface area contributed by atoms with Crippen LogP contribution in [0.15, 0.2) is 40.6 Å². The highest BCUT2D eigenvalue weighted by Gasteiger charge is 2.04. The summed E-state index contributed by atoms with van der Waals surface area (Å²) in [5.74, 6) is 0. The Morgan fingerprint density at radius 2 is 1.81 bits per heavy atom. The zero-order valence-corrected chi connectivity index (χ0v) is 13.6. The van der Waals surface area contributed by atoms with Crippen LogP contribution in [0.5, 0.6) is 0 Å². The van der Waals surface area contributed by atoms with Crippen molar-refractivity contribution in [1.82, 2.24) is 10.6 Å². The van der Waals surface area contributed by atoms with Crippen molar-refractivity contribution in [2.45, 2.75) is 24.9 Å². The van der Waals surface area contributed by atoms with E-state index >= 15 is 0 Å². The zero-order valence-electron chi connectivity index (χ0n) is 12.0. The van der Waals surface area contributed by atoms with Gasteiger partial charge in [-0.1, -0.05) is 12.1 Å². The van der Waals surface area contributed by atoms with E-state index in [1.54, 1.807) is 17.6 Å². The lowest BCUT2D eigenvalue weighted by molar-refractivity contribution is 0.240. The highest BCUT2D eigenvalue weighted by Crippen LogP contribution is 2.14. The van der Waals surface area contributed by atoms with E-state index in [2.05, 4.69) is 10.6 Å². The van der Waals surface area contributed by atoms with Gasteiger partial charge in [-0.2, -0.15) is 0 Å². The minimum Gasteiger partial charge on any atom is -0.334 e. The number of hydrogen-bond donors (Lipinski definition) is 2. The SMILES string of the molecule is Cc1ccsc1CNC(=O)NCc1ccc([S@](C)=O)cc1. The Hall–Kier alpha value is -1.66. The molecule has 112 valence electrons. The van der Waals surface area contributed by atoms with Crippen LogP contribution in [0, 0.1) is 6.92 Å². The molecule has 4 nitrogen and oxygen atoms in total. The number of benzene rings is 1. The van der Waals surface area contributed by atoms with Gasteiger partial charge in [0.2, 0.25) is 0 Å². The molecule has 1 atom stereocenters. The van der Waals surface area contributed by atoms with Crippen molar-refractivity contribution in [2.24, 2.45) is 0 Å². The Labute approximate surface area is 131 Å². The molecule has 0 radical (unpaired) electrons. The molecule has 6 heteroatoms. The Morgan fingerprint density at radius 3 is 2.38 bits per heavy atom. The van der Waals surface area contributed by atoms with Crippen molar-refractivity contribution in [3.8, 4) is 0 Å². The van der Waals surface area contributed by atoms with Gasteiger partial charge in [-0.25, -0.2) is 4.79 Å². The fraction of sp³-hybridized carbons (Fsp3) is 0.267. The molecule has 2 N–H and O–H groups in total. The number of amides is 2. The van der Waals surface area contributed by atoms with Crippen LogP contribution in [0.1, 0.15) is 16.0 Å². The molecule has 2 amide bonds. The third-order valence-electron chi connectivity index (χ3n) is 3.09. The van der Waals surface area contributed by atoms with Gasteiger partial charge < -0.3 is 10.6 Å². The van der Waals surface area contributed by atoms with Crippen molar-refractivity contribution < 1.29 is 9.00 Å². The second kappa shape index (κ2) is 7.38. The van der Waals surface area contributed by atoms with Crippen LogP contribution in [0.4, 0.5) is 4.79 Å². The standard InChI is InChI=1S/C15H18N2O2S2/c1-11-7-8-20-14(11)10-17-15(18)16-9-12-3-5-13(6-4-12)21(2)19/h3-8H,9-10H2,1-2H3,(H2,16,17,18)/t21-/m0/s1. The summed E-state index contributed by atoms with van der Waals surface area (Å²) in [6.45, 7) is 3.03. The summed E-state index contributed by atoms with van der Waals surface area (Å²) in [6, 6.07) is 9.24. The molecule has 1 aromatic heterocycles. The smallest absolute Gasteiger partial charge is 0.315 e. The lowest BCUT2D eigenvalue weighted by Crippen LogP contribution is -2.34. The number of carbonyl (C=O) groups is 1. The Balaban J connectivity index is 1.78. The minimum absolute atomic E-state index is 0.189. The quantitative estimate of drug-likeness (QED) is 0.889. The van der Waals surface area contributed by atoms with Gasteiger partial charge in [0.25, 0.3) is 0 Å². The molecule has 1 aromatic carbocycles. The highest BCUT2D eigenvalue weighted by molar-refractivity contribution is 7.84. The Kier molecular flexibility index (Phi) is 5.52. The van der Waals surface area contributed by atoms with Gasteiger partial charge in [0, 0.05) is 33.4 Å². The maximum Gasteiger partial charge on any atom is 0.315 e. The first-order valence-corrected chi connectivity index (χ1v) is 8.97. The fourth-order valence-corrected chi connectivity index (χ4v) is 3.15. The van der Waals surface area contributed by atoms with Crippen LogP contribution in [0.2, 0.25) is 0 Å². The average Bonchev–Trinajstić information content (AvgIpc) is 2.88. The molecule has 21 heavy (non-hydrogen) atoms. The van der Waals surface area contributed by atoms with E-state index < -0.39 is 10.8 Å². The summed E-state index contributed by atoms with van der Waals surface area (Å²) in [4.78, 5) is 13.7. The summed E-state index contributed by atoms with van der Waals surface area (Å²) in [7, 11) is -0.971. The van der Waals surface area contributed by atoms with Crippen LogP contribution < -0.4 is 10.6 Å². The number of urea groups is 1. The molecule has 1 heterocycles. The van der Waals surface area contributed by atoms with E-state index in [-0.39, 0.29) is 6.03 Å². The third-order valence-corrected chi connectivity index (χ3v) is 5.05. The van der Waals surface area contributed by atoms with Gasteiger partial charge >= 0.3 is 6.03 Å². The van der Waals surface area contributed by atoms with Crippen molar-refractivity contribution in [3.05, 3.63) is 51.7 Å². The summed E-state index contributed by atoms with van der Waals surface area (Å²) in [6.07, 6.45) is 1.65. The number of hydrogen-bond acceptors (Lipinski definition) is 3. The number of thiophene rings is 1. The summed E-state index contributed by atoms with van der Waals surface area (Å²) < 4.78 is 11.3. The molecule has 0 saturated heterocycles. The van der Waals surface area contributed by atoms with Gasteiger partial charge in [0.05, 0.1) is 6.54 Å². The number of rotatable bonds is 5. The van der Waals surface area contributed by atoms with E-state index in [1.807, 2.05) is 42.6 Å². The van der Waals surface area contributed by atoms with Crippen LogP contribution in [0.25, 0.3) is 0 Å². The maximum absolute atomic E-state index is 11.7. The van der Waals surface area contributed by atoms with Crippen LogP contribution in [-0.2, 0) is 23.9 Å². The lowest BCUT2D eigenvalue weighted by atomic mass is 10.2. The van der Waals surface area contributed by atoms with Gasteiger partial charge in [-0.3, -0.25) is 4.21 Å². The fourth-order valence-electron chi connectivity index (χ4n) is 1.79. The first kappa shape index (κ1) is 15.7. The maximum atomic E-state index is 11.7. The second-order valence-electron chi connectivity index (χ2n) is 4.66. The summed E-state index contributed by atoms with van der Waals surface area (Å²) in [5, 5.41) is 7.66. The topological polar surface area (TPSA) is 58.2 Å². The Bertz CT molecular complexity index is 635. The van der Waals surface area contributed by atoms with Crippen molar-refractivity contribution in [1.29, 1.82) is 0 Å². The monoisotopic (exact) mass is 322 g/mol. The number of nitrogens with one attached hydrogen (secondary N) is 2. The minimum atomic E-state index is -0.971. The van der Waals surface area contributed by atoms with Gasteiger partial charge in [-0.15, -0.1) is 11.3 Å². The van der Waals surface area contributed by atoms with Crippen molar-refractivity contribution in [2.75, 3.05) is 6.26 Å². The van der Waals surface area contributed by atoms with E-state index in [1.165, 1.54) is 10.4 Å². The molecule has 0 fully saturated rings. The summed E-state index contributed by atoms with van der Waals surface area (Å²) in [5.41, 5.74) is 2.18. The molecule has 0 spiro atoms. The predicted octanol–water partition coefficient (Wildman–Crippen LogP) is 2.79. The van der Waals surface area contributed by atoms with Crippen LogP contribution in [0.3, 0.4) is 0 Å². The van der Waals surface area contributed by atoms with E-state index in [4.69, 9.17) is 0 Å².